The summed E-state index contributed by atoms with van der Waals surface area (Å²) < 4.78 is 10.7. The summed E-state index contributed by atoms with van der Waals surface area (Å²) in [5.74, 6) is 0. The van der Waals surface area contributed by atoms with Crippen LogP contribution < -0.4 is 10.2 Å². The molecule has 1 aliphatic rings. The first-order valence-corrected chi connectivity index (χ1v) is 7.84. The van der Waals surface area contributed by atoms with E-state index in [2.05, 4.69) is 30.3 Å². The Hall–Kier alpha value is -0.810. The van der Waals surface area contributed by atoms with Gasteiger partial charge >= 0.3 is 0 Å². The van der Waals surface area contributed by atoms with Gasteiger partial charge in [-0.2, -0.15) is 0 Å². The minimum absolute atomic E-state index is 0.237. The van der Waals surface area contributed by atoms with E-state index in [9.17, 15) is 0 Å². The van der Waals surface area contributed by atoms with Crippen molar-refractivity contribution in [2.75, 3.05) is 38.8 Å². The second kappa shape index (κ2) is 7.99. The molecule has 1 fully saturated rings. The van der Waals surface area contributed by atoms with Crippen LogP contribution >= 0.6 is 11.6 Å². The largest absolute Gasteiger partial charge is 0.383 e. The summed E-state index contributed by atoms with van der Waals surface area (Å²) >= 11 is 6.46. The molecule has 2 unspecified atom stereocenters. The zero-order valence-corrected chi connectivity index (χ0v) is 13.8. The van der Waals surface area contributed by atoms with E-state index >= 15 is 0 Å². The minimum atomic E-state index is 0.237. The average Bonchev–Trinajstić information content (AvgIpc) is 2.89. The van der Waals surface area contributed by atoms with Crippen molar-refractivity contribution >= 4 is 17.3 Å². The third-order valence-electron chi connectivity index (χ3n) is 4.06. The van der Waals surface area contributed by atoms with Crippen LogP contribution in [0, 0.1) is 0 Å². The van der Waals surface area contributed by atoms with Crippen LogP contribution in [0.15, 0.2) is 18.2 Å². The Kier molecular flexibility index (Phi) is 6.30. The monoisotopic (exact) mass is 312 g/mol. The van der Waals surface area contributed by atoms with E-state index in [1.165, 1.54) is 5.56 Å². The predicted octanol–water partition coefficient (Wildman–Crippen LogP) is 2.69. The molecule has 1 heterocycles. The third kappa shape index (κ3) is 4.10. The Morgan fingerprint density at radius 2 is 2.29 bits per heavy atom. The smallest absolute Gasteiger partial charge is 0.0750 e. The third-order valence-corrected chi connectivity index (χ3v) is 4.36. The molecular formula is C16H25ClN2O2. The van der Waals surface area contributed by atoms with Gasteiger partial charge in [-0.1, -0.05) is 23.7 Å². The fraction of sp³-hybridized carbons (Fsp3) is 0.625. The van der Waals surface area contributed by atoms with Crippen molar-refractivity contribution in [2.45, 2.75) is 32.0 Å². The Labute approximate surface area is 132 Å². The molecule has 2 rings (SSSR count). The summed E-state index contributed by atoms with van der Waals surface area (Å²) in [6, 6.07) is 6.45. The molecule has 0 radical (unpaired) electrons. The maximum absolute atomic E-state index is 6.46. The topological polar surface area (TPSA) is 33.7 Å². The fourth-order valence-electron chi connectivity index (χ4n) is 2.89. The lowest BCUT2D eigenvalue weighted by Gasteiger charge is -2.31. The maximum atomic E-state index is 6.46. The van der Waals surface area contributed by atoms with Crippen LogP contribution in [-0.4, -0.2) is 46.1 Å². The average molecular weight is 313 g/mol. The van der Waals surface area contributed by atoms with E-state index in [0.717, 1.165) is 36.8 Å². The second-order valence-electron chi connectivity index (χ2n) is 5.46. The maximum Gasteiger partial charge on any atom is 0.0750 e. The number of rotatable bonds is 7. The van der Waals surface area contributed by atoms with Crippen molar-refractivity contribution in [1.29, 1.82) is 0 Å². The fourth-order valence-corrected chi connectivity index (χ4v) is 3.22. The van der Waals surface area contributed by atoms with Crippen LogP contribution in [0.25, 0.3) is 0 Å². The highest BCUT2D eigenvalue weighted by atomic mass is 35.5. The Morgan fingerprint density at radius 3 is 2.95 bits per heavy atom. The molecule has 2 atom stereocenters. The van der Waals surface area contributed by atoms with Crippen LogP contribution in [0.5, 0.6) is 0 Å². The second-order valence-corrected chi connectivity index (χ2v) is 5.87. The van der Waals surface area contributed by atoms with Gasteiger partial charge in [0.15, 0.2) is 0 Å². The van der Waals surface area contributed by atoms with Crippen molar-refractivity contribution < 1.29 is 9.47 Å². The Bertz CT molecular complexity index is 456. The number of hydrogen-bond donors (Lipinski definition) is 1. The van der Waals surface area contributed by atoms with E-state index < -0.39 is 0 Å². The molecule has 118 valence electrons. The molecule has 21 heavy (non-hydrogen) atoms. The van der Waals surface area contributed by atoms with E-state index in [1.807, 2.05) is 12.1 Å². The molecule has 0 saturated carbocycles. The van der Waals surface area contributed by atoms with Crippen LogP contribution in [0.3, 0.4) is 0 Å². The molecule has 1 aromatic rings. The molecule has 0 bridgehead atoms. The van der Waals surface area contributed by atoms with Crippen molar-refractivity contribution in [3.8, 4) is 0 Å². The summed E-state index contributed by atoms with van der Waals surface area (Å²) in [7, 11) is 3.82. The van der Waals surface area contributed by atoms with Gasteiger partial charge in [-0.15, -0.1) is 0 Å². The number of halogens is 1. The van der Waals surface area contributed by atoms with Crippen molar-refractivity contribution in [2.24, 2.45) is 0 Å². The minimum Gasteiger partial charge on any atom is -0.383 e. The Balaban J connectivity index is 2.12. The summed E-state index contributed by atoms with van der Waals surface area (Å²) in [6.07, 6.45) is 1.28. The molecule has 4 nitrogen and oxygen atoms in total. The summed E-state index contributed by atoms with van der Waals surface area (Å²) in [4.78, 5) is 2.27. The van der Waals surface area contributed by atoms with Gasteiger partial charge in [0.2, 0.25) is 0 Å². The number of nitrogens with one attached hydrogen (secondary N) is 1. The summed E-state index contributed by atoms with van der Waals surface area (Å²) in [5, 5.41) is 4.18. The van der Waals surface area contributed by atoms with E-state index in [4.69, 9.17) is 21.1 Å². The highest BCUT2D eigenvalue weighted by molar-refractivity contribution is 6.33. The summed E-state index contributed by atoms with van der Waals surface area (Å²) in [6.45, 7) is 5.27. The molecule has 0 aromatic heterocycles. The van der Waals surface area contributed by atoms with Gasteiger partial charge in [-0.05, 0) is 25.0 Å². The highest BCUT2D eigenvalue weighted by Gasteiger charge is 2.29. The van der Waals surface area contributed by atoms with Crippen molar-refractivity contribution in [1.82, 2.24) is 5.32 Å². The van der Waals surface area contributed by atoms with Gasteiger partial charge in [0.25, 0.3) is 0 Å². The van der Waals surface area contributed by atoms with E-state index in [0.29, 0.717) is 12.6 Å². The van der Waals surface area contributed by atoms with Crippen molar-refractivity contribution in [3.05, 3.63) is 28.8 Å². The number of hydrogen-bond acceptors (Lipinski definition) is 4. The van der Waals surface area contributed by atoms with Gasteiger partial charge in [0.05, 0.1) is 29.5 Å². The van der Waals surface area contributed by atoms with Gasteiger partial charge in [-0.25, -0.2) is 0 Å². The number of para-hydroxylation sites is 1. The number of likely N-dealkylation sites (N-methyl/N-ethyl adjacent to an activating group) is 1. The lowest BCUT2D eigenvalue weighted by molar-refractivity contribution is 0.118. The zero-order chi connectivity index (χ0) is 15.2. The van der Waals surface area contributed by atoms with Crippen LogP contribution in [0.2, 0.25) is 5.02 Å². The van der Waals surface area contributed by atoms with Crippen LogP contribution in [0.1, 0.15) is 18.9 Å². The molecule has 0 amide bonds. The molecule has 1 aromatic carbocycles. The molecule has 1 N–H and O–H groups in total. The number of nitrogens with zero attached hydrogens (tertiary/aromatic N) is 1. The first-order valence-electron chi connectivity index (χ1n) is 7.46. The SMILES string of the molecule is COCCNCc1cccc(Cl)c1N(C)C1CCOC1C. The Morgan fingerprint density at radius 1 is 1.48 bits per heavy atom. The molecule has 1 saturated heterocycles. The number of anilines is 1. The first kappa shape index (κ1) is 16.6. The normalized spacial score (nSPS) is 21.7. The van der Waals surface area contributed by atoms with E-state index in [-0.39, 0.29) is 6.10 Å². The number of methoxy groups -OCH3 is 1. The quantitative estimate of drug-likeness (QED) is 0.785. The van der Waals surface area contributed by atoms with Gasteiger partial charge in [0.1, 0.15) is 0 Å². The summed E-state index contributed by atoms with van der Waals surface area (Å²) in [5.41, 5.74) is 2.31. The molecule has 0 spiro atoms. The van der Waals surface area contributed by atoms with Gasteiger partial charge in [0, 0.05) is 33.9 Å². The standard InChI is InChI=1S/C16H25ClN2O2/c1-12-15(7-9-21-12)19(2)16-13(5-4-6-14(16)17)11-18-8-10-20-3/h4-6,12,15,18H,7-11H2,1-3H3. The van der Waals surface area contributed by atoms with Crippen molar-refractivity contribution in [3.63, 3.8) is 0 Å². The van der Waals surface area contributed by atoms with Gasteiger partial charge < -0.3 is 19.7 Å². The van der Waals surface area contributed by atoms with E-state index in [1.54, 1.807) is 7.11 Å². The molecule has 5 heteroatoms. The lowest BCUT2D eigenvalue weighted by Crippen LogP contribution is -2.37. The molecule has 0 aliphatic carbocycles. The van der Waals surface area contributed by atoms with Gasteiger partial charge in [-0.3, -0.25) is 0 Å². The molecule has 1 aliphatic heterocycles. The van der Waals surface area contributed by atoms with Crippen LogP contribution in [0.4, 0.5) is 5.69 Å². The predicted molar refractivity (Wildman–Crippen MR) is 87.3 cm³/mol. The first-order chi connectivity index (χ1) is 10.1. The number of benzene rings is 1. The lowest BCUT2D eigenvalue weighted by atomic mass is 10.1. The van der Waals surface area contributed by atoms with Crippen LogP contribution in [-0.2, 0) is 16.0 Å². The molecular weight excluding hydrogens is 288 g/mol. The highest BCUT2D eigenvalue weighted by Crippen LogP contribution is 2.33. The zero-order valence-electron chi connectivity index (χ0n) is 13.1. The number of ether oxygens (including phenoxy) is 2.